The molecule has 1 aliphatic heterocycles. The van der Waals surface area contributed by atoms with E-state index in [4.69, 9.17) is 0 Å². The van der Waals surface area contributed by atoms with E-state index in [9.17, 15) is 13.2 Å². The molecule has 0 radical (unpaired) electrons. The van der Waals surface area contributed by atoms with Gasteiger partial charge in [-0.2, -0.15) is 4.31 Å². The highest BCUT2D eigenvalue weighted by molar-refractivity contribution is 7.89. The first-order chi connectivity index (χ1) is 14.3. The maximum Gasteiger partial charge on any atom is 0.258 e. The second kappa shape index (κ2) is 9.75. The van der Waals surface area contributed by atoms with Crippen LogP contribution in [0.15, 0.2) is 59.5 Å². The average molecular weight is 429 g/mol. The van der Waals surface area contributed by atoms with Gasteiger partial charge in [0.15, 0.2) is 0 Å². The second-order valence-corrected chi connectivity index (χ2v) is 10.4. The van der Waals surface area contributed by atoms with Crippen LogP contribution in [-0.2, 0) is 10.0 Å². The highest BCUT2D eigenvalue weighted by Gasteiger charge is 2.32. The van der Waals surface area contributed by atoms with Gasteiger partial charge in [0.25, 0.3) is 5.91 Å². The Morgan fingerprint density at radius 3 is 2.33 bits per heavy atom. The van der Waals surface area contributed by atoms with E-state index in [-0.39, 0.29) is 10.8 Å². The van der Waals surface area contributed by atoms with E-state index < -0.39 is 10.0 Å². The molecule has 1 aliphatic rings. The molecule has 0 aliphatic carbocycles. The Hall–Kier alpha value is -2.18. The topological polar surface area (TPSA) is 57.7 Å². The summed E-state index contributed by atoms with van der Waals surface area (Å²) in [5.41, 5.74) is 1.22. The zero-order valence-electron chi connectivity index (χ0n) is 18.1. The van der Waals surface area contributed by atoms with Crippen LogP contribution in [0.25, 0.3) is 0 Å². The number of benzene rings is 2. The maximum atomic E-state index is 13.3. The number of amides is 1. The van der Waals surface area contributed by atoms with Gasteiger partial charge in [0.1, 0.15) is 0 Å². The number of unbranched alkanes of at least 4 members (excludes halogenated alkanes) is 1. The van der Waals surface area contributed by atoms with Gasteiger partial charge in [0, 0.05) is 30.9 Å². The van der Waals surface area contributed by atoms with Gasteiger partial charge < -0.3 is 4.90 Å². The van der Waals surface area contributed by atoms with Crippen molar-refractivity contribution in [3.63, 3.8) is 0 Å². The second-order valence-electron chi connectivity index (χ2n) is 8.44. The molecular weight excluding hydrogens is 396 g/mol. The Morgan fingerprint density at radius 2 is 1.70 bits per heavy atom. The van der Waals surface area contributed by atoms with Gasteiger partial charge in [0.2, 0.25) is 10.0 Å². The van der Waals surface area contributed by atoms with Crippen molar-refractivity contribution in [1.29, 1.82) is 0 Å². The number of piperidine rings is 1. The minimum atomic E-state index is -3.63. The van der Waals surface area contributed by atoms with Gasteiger partial charge in [-0.05, 0) is 55.0 Å². The lowest BCUT2D eigenvalue weighted by atomic mass is 9.94. The third kappa shape index (κ3) is 5.10. The van der Waals surface area contributed by atoms with Gasteiger partial charge in [-0.15, -0.1) is 0 Å². The standard InChI is InChI=1S/C24H32N2O3S/c1-4-5-14-26(22-11-7-6-8-12-22)24(27)21-10-9-13-23(16-21)30(28,29)25-17-19(2)15-20(3)18-25/h6-13,16,19-20H,4-5,14-15,17-18H2,1-3H3. The van der Waals surface area contributed by atoms with Crippen molar-refractivity contribution in [3.05, 3.63) is 60.2 Å². The summed E-state index contributed by atoms with van der Waals surface area (Å²) < 4.78 is 28.1. The molecule has 0 N–H and O–H groups in total. The molecule has 0 spiro atoms. The van der Waals surface area contributed by atoms with Crippen LogP contribution in [-0.4, -0.2) is 38.3 Å². The molecule has 1 saturated heterocycles. The van der Waals surface area contributed by atoms with Crippen LogP contribution in [0.1, 0.15) is 50.4 Å². The molecule has 0 bridgehead atoms. The zero-order valence-corrected chi connectivity index (χ0v) is 18.9. The van der Waals surface area contributed by atoms with Crippen LogP contribution in [0.3, 0.4) is 0 Å². The number of sulfonamides is 1. The Bertz CT molecular complexity index is 949. The van der Waals surface area contributed by atoms with Crippen molar-refractivity contribution in [3.8, 4) is 0 Å². The summed E-state index contributed by atoms with van der Waals surface area (Å²) in [5, 5.41) is 0. The minimum Gasteiger partial charge on any atom is -0.308 e. The molecular formula is C24H32N2O3S. The van der Waals surface area contributed by atoms with Gasteiger partial charge in [-0.25, -0.2) is 8.42 Å². The molecule has 6 heteroatoms. The van der Waals surface area contributed by atoms with Crippen molar-refractivity contribution < 1.29 is 13.2 Å². The summed E-state index contributed by atoms with van der Waals surface area (Å²) in [6.07, 6.45) is 2.88. The first kappa shape index (κ1) is 22.5. The zero-order chi connectivity index (χ0) is 21.7. The molecule has 30 heavy (non-hydrogen) atoms. The number of para-hydroxylation sites is 1. The quantitative estimate of drug-likeness (QED) is 0.636. The third-order valence-corrected chi connectivity index (χ3v) is 7.43. The van der Waals surface area contributed by atoms with E-state index in [0.717, 1.165) is 24.9 Å². The number of hydrogen-bond acceptors (Lipinski definition) is 3. The third-order valence-electron chi connectivity index (χ3n) is 5.60. The summed E-state index contributed by atoms with van der Waals surface area (Å²) in [6.45, 7) is 7.90. The summed E-state index contributed by atoms with van der Waals surface area (Å²) >= 11 is 0. The number of carbonyl (C=O) groups is 1. The first-order valence-corrected chi connectivity index (χ1v) is 12.2. The van der Waals surface area contributed by atoms with Crippen molar-refractivity contribution >= 4 is 21.6 Å². The Morgan fingerprint density at radius 1 is 1.03 bits per heavy atom. The van der Waals surface area contributed by atoms with Gasteiger partial charge in [-0.3, -0.25) is 4.79 Å². The maximum absolute atomic E-state index is 13.3. The SMILES string of the molecule is CCCCN(C(=O)c1cccc(S(=O)(=O)N2CC(C)CC(C)C2)c1)c1ccccc1. The first-order valence-electron chi connectivity index (χ1n) is 10.8. The summed E-state index contributed by atoms with van der Waals surface area (Å²) in [7, 11) is -3.63. The largest absolute Gasteiger partial charge is 0.308 e. The fourth-order valence-corrected chi connectivity index (χ4v) is 5.89. The Balaban J connectivity index is 1.90. The van der Waals surface area contributed by atoms with Crippen LogP contribution in [0, 0.1) is 11.8 Å². The Labute approximate surface area is 180 Å². The van der Waals surface area contributed by atoms with Gasteiger partial charge in [-0.1, -0.05) is 51.5 Å². The summed E-state index contributed by atoms with van der Waals surface area (Å²) in [4.78, 5) is 15.3. The summed E-state index contributed by atoms with van der Waals surface area (Å²) in [5.74, 6) is 0.485. The fraction of sp³-hybridized carbons (Fsp3) is 0.458. The van der Waals surface area contributed by atoms with Crippen LogP contribution in [0.4, 0.5) is 5.69 Å². The average Bonchev–Trinajstić information content (AvgIpc) is 2.74. The number of anilines is 1. The normalized spacial score (nSPS) is 20.1. The predicted octanol–water partition coefficient (Wildman–Crippen LogP) is 4.80. The van der Waals surface area contributed by atoms with Crippen molar-refractivity contribution in [2.75, 3.05) is 24.5 Å². The van der Waals surface area contributed by atoms with Crippen molar-refractivity contribution in [2.24, 2.45) is 11.8 Å². The number of rotatable bonds is 7. The number of nitrogens with zero attached hydrogens (tertiary/aromatic N) is 2. The molecule has 5 nitrogen and oxygen atoms in total. The molecule has 2 aromatic carbocycles. The Kier molecular flexibility index (Phi) is 7.32. The molecule has 0 aromatic heterocycles. The molecule has 1 heterocycles. The number of hydrogen-bond donors (Lipinski definition) is 0. The van der Waals surface area contributed by atoms with E-state index in [1.54, 1.807) is 27.4 Å². The van der Waals surface area contributed by atoms with Crippen LogP contribution in [0.5, 0.6) is 0 Å². The van der Waals surface area contributed by atoms with E-state index >= 15 is 0 Å². The lowest BCUT2D eigenvalue weighted by Gasteiger charge is -2.34. The molecule has 3 rings (SSSR count). The van der Waals surface area contributed by atoms with Crippen molar-refractivity contribution in [2.45, 2.75) is 44.9 Å². The number of carbonyl (C=O) groups excluding carboxylic acids is 1. The van der Waals surface area contributed by atoms with Crippen molar-refractivity contribution in [1.82, 2.24) is 4.31 Å². The smallest absolute Gasteiger partial charge is 0.258 e. The molecule has 1 amide bonds. The van der Waals surface area contributed by atoms with Gasteiger partial charge in [0.05, 0.1) is 4.90 Å². The molecule has 2 aromatic rings. The molecule has 2 unspecified atom stereocenters. The van der Waals surface area contributed by atoms with Gasteiger partial charge >= 0.3 is 0 Å². The van der Waals surface area contributed by atoms with Crippen LogP contribution in [0.2, 0.25) is 0 Å². The lowest BCUT2D eigenvalue weighted by molar-refractivity contribution is 0.0986. The predicted molar refractivity (Wildman–Crippen MR) is 121 cm³/mol. The van der Waals surface area contributed by atoms with E-state index in [2.05, 4.69) is 20.8 Å². The van der Waals surface area contributed by atoms with Crippen LogP contribution >= 0.6 is 0 Å². The molecule has 2 atom stereocenters. The highest BCUT2D eigenvalue weighted by atomic mass is 32.2. The molecule has 0 saturated carbocycles. The fourth-order valence-electron chi connectivity index (χ4n) is 4.17. The van der Waals surface area contributed by atoms with E-state index in [1.165, 1.54) is 6.07 Å². The minimum absolute atomic E-state index is 0.174. The highest BCUT2D eigenvalue weighted by Crippen LogP contribution is 2.27. The van der Waals surface area contributed by atoms with Crippen LogP contribution < -0.4 is 4.90 Å². The summed E-state index contributed by atoms with van der Waals surface area (Å²) in [6, 6.07) is 16.0. The van der Waals surface area contributed by atoms with E-state index in [1.807, 2.05) is 30.3 Å². The van der Waals surface area contributed by atoms with E-state index in [0.29, 0.717) is 37.0 Å². The lowest BCUT2D eigenvalue weighted by Crippen LogP contribution is -2.42. The molecule has 162 valence electrons. The molecule has 1 fully saturated rings. The monoisotopic (exact) mass is 428 g/mol.